The van der Waals surface area contributed by atoms with Crippen LogP contribution >= 0.6 is 11.6 Å². The number of nitrogens with one attached hydrogen (secondary N) is 2. The van der Waals surface area contributed by atoms with Crippen LogP contribution in [0.25, 0.3) is 0 Å². The Morgan fingerprint density at radius 3 is 2.35 bits per heavy atom. The highest BCUT2D eigenvalue weighted by Gasteiger charge is 2.23. The van der Waals surface area contributed by atoms with Gasteiger partial charge in [-0.15, -0.1) is 0 Å². The third kappa shape index (κ3) is 3.02. The first-order valence-electron chi connectivity index (χ1n) is 6.41. The maximum atomic E-state index is 12.1. The molecule has 106 valence electrons. The van der Waals surface area contributed by atoms with E-state index >= 15 is 0 Å². The molecule has 20 heavy (non-hydrogen) atoms. The van der Waals surface area contributed by atoms with Crippen LogP contribution in [0.3, 0.4) is 0 Å². The number of anilines is 1. The smallest absolute Gasteiger partial charge is 0.256 e. The molecule has 0 atom stereocenters. The van der Waals surface area contributed by atoms with Crippen molar-refractivity contribution in [3.8, 4) is 0 Å². The quantitative estimate of drug-likeness (QED) is 0.881. The highest BCUT2D eigenvalue weighted by molar-refractivity contribution is 6.34. The van der Waals surface area contributed by atoms with E-state index in [2.05, 4.69) is 15.5 Å². The molecule has 2 rings (SSSR count). The maximum absolute atomic E-state index is 12.1. The van der Waals surface area contributed by atoms with E-state index in [1.807, 2.05) is 39.8 Å². The number of benzene rings is 1. The van der Waals surface area contributed by atoms with Gasteiger partial charge in [0.2, 0.25) is 0 Å². The number of aromatic amines is 1. The first kappa shape index (κ1) is 14.6. The molecule has 2 N–H and O–H groups in total. The van der Waals surface area contributed by atoms with Crippen LogP contribution in [0.15, 0.2) is 24.3 Å². The van der Waals surface area contributed by atoms with Gasteiger partial charge >= 0.3 is 0 Å². The number of amides is 1. The normalized spacial score (nSPS) is 11.4. The average Bonchev–Trinajstić information content (AvgIpc) is 2.71. The second-order valence-corrected chi connectivity index (χ2v) is 6.21. The lowest BCUT2D eigenvalue weighted by atomic mass is 9.92. The maximum Gasteiger partial charge on any atom is 0.256 e. The van der Waals surface area contributed by atoms with Crippen molar-refractivity contribution in [1.82, 2.24) is 10.2 Å². The van der Waals surface area contributed by atoms with Gasteiger partial charge < -0.3 is 5.32 Å². The lowest BCUT2D eigenvalue weighted by Gasteiger charge is -2.16. The van der Waals surface area contributed by atoms with Crippen LogP contribution in [-0.2, 0) is 5.41 Å². The largest absolute Gasteiger partial charge is 0.304 e. The summed E-state index contributed by atoms with van der Waals surface area (Å²) in [6.07, 6.45) is 0. The van der Waals surface area contributed by atoms with Crippen molar-refractivity contribution >= 4 is 23.3 Å². The Labute approximate surface area is 123 Å². The van der Waals surface area contributed by atoms with Gasteiger partial charge in [-0.1, -0.05) is 50.1 Å². The highest BCUT2D eigenvalue weighted by atomic mass is 35.5. The van der Waals surface area contributed by atoms with E-state index in [-0.39, 0.29) is 11.3 Å². The number of hydrogen-bond donors (Lipinski definition) is 2. The minimum absolute atomic E-state index is 0.156. The molecule has 2 aromatic rings. The zero-order valence-electron chi connectivity index (χ0n) is 12.0. The summed E-state index contributed by atoms with van der Waals surface area (Å²) in [6, 6.07) is 7.33. The van der Waals surface area contributed by atoms with E-state index in [0.717, 1.165) is 11.3 Å². The summed E-state index contributed by atoms with van der Waals surface area (Å²) in [7, 11) is 0. The lowest BCUT2D eigenvalue weighted by Crippen LogP contribution is -2.13. The molecule has 0 unspecified atom stereocenters. The number of carbonyl (C=O) groups excluding carboxylic acids is 1. The number of hydrogen-bond acceptors (Lipinski definition) is 2. The molecule has 0 bridgehead atoms. The van der Waals surface area contributed by atoms with E-state index in [4.69, 9.17) is 11.6 Å². The Balaban J connectivity index is 2.21. The van der Waals surface area contributed by atoms with Crippen molar-refractivity contribution in [3.05, 3.63) is 46.1 Å². The molecule has 5 heteroatoms. The monoisotopic (exact) mass is 291 g/mol. The minimum Gasteiger partial charge on any atom is -0.304 e. The summed E-state index contributed by atoms with van der Waals surface area (Å²) in [4.78, 5) is 12.1. The molecule has 1 heterocycles. The summed E-state index contributed by atoms with van der Waals surface area (Å²) >= 11 is 6.26. The molecule has 0 saturated carbocycles. The van der Waals surface area contributed by atoms with Crippen LogP contribution in [0.2, 0.25) is 5.02 Å². The molecule has 0 fully saturated rings. The molecule has 1 aromatic carbocycles. The van der Waals surface area contributed by atoms with Gasteiger partial charge in [0.05, 0.1) is 5.69 Å². The number of carbonyl (C=O) groups is 1. The van der Waals surface area contributed by atoms with E-state index in [1.54, 1.807) is 12.1 Å². The fraction of sp³-hybridized carbons (Fsp3) is 0.333. The number of aryl methyl sites for hydroxylation is 1. The number of halogens is 1. The topological polar surface area (TPSA) is 57.8 Å². The number of nitrogens with zero attached hydrogens (tertiary/aromatic N) is 1. The van der Waals surface area contributed by atoms with E-state index in [0.29, 0.717) is 16.4 Å². The Morgan fingerprint density at radius 2 is 1.85 bits per heavy atom. The molecule has 1 aromatic heterocycles. The number of aromatic nitrogens is 2. The molecule has 0 saturated heterocycles. The second-order valence-electron chi connectivity index (χ2n) is 5.83. The van der Waals surface area contributed by atoms with Crippen molar-refractivity contribution in [1.29, 1.82) is 0 Å². The van der Waals surface area contributed by atoms with Crippen LogP contribution in [0.5, 0.6) is 0 Å². The number of H-pyrrole nitrogens is 1. The van der Waals surface area contributed by atoms with E-state index < -0.39 is 0 Å². The third-order valence-electron chi connectivity index (χ3n) is 3.00. The van der Waals surface area contributed by atoms with Gasteiger partial charge in [0.1, 0.15) is 5.02 Å². The Hall–Kier alpha value is -1.81. The molecular formula is C15H18ClN3O. The van der Waals surface area contributed by atoms with Gasteiger partial charge in [-0.25, -0.2) is 0 Å². The van der Waals surface area contributed by atoms with E-state index in [9.17, 15) is 4.79 Å². The zero-order valence-corrected chi connectivity index (χ0v) is 12.8. The van der Waals surface area contributed by atoms with Gasteiger partial charge in [-0.05, 0) is 19.1 Å². The highest BCUT2D eigenvalue weighted by Crippen LogP contribution is 2.32. The van der Waals surface area contributed by atoms with Crippen molar-refractivity contribution in [2.75, 3.05) is 5.32 Å². The Morgan fingerprint density at radius 1 is 1.25 bits per heavy atom. The van der Waals surface area contributed by atoms with Crippen LogP contribution in [0.1, 0.15) is 42.4 Å². The van der Waals surface area contributed by atoms with E-state index in [1.165, 1.54) is 0 Å². The van der Waals surface area contributed by atoms with Gasteiger partial charge in [0.25, 0.3) is 5.91 Å². The predicted molar refractivity (Wildman–Crippen MR) is 81.4 cm³/mol. The number of rotatable bonds is 2. The molecule has 0 aliphatic heterocycles. The molecule has 4 nitrogen and oxygen atoms in total. The van der Waals surface area contributed by atoms with Crippen LogP contribution in [0, 0.1) is 6.92 Å². The fourth-order valence-corrected chi connectivity index (χ4v) is 2.21. The minimum atomic E-state index is -0.223. The molecule has 0 aliphatic carbocycles. The van der Waals surface area contributed by atoms with Crippen molar-refractivity contribution in [2.45, 2.75) is 33.1 Å². The first-order chi connectivity index (χ1) is 9.29. The van der Waals surface area contributed by atoms with Crippen molar-refractivity contribution < 1.29 is 4.79 Å². The van der Waals surface area contributed by atoms with Crippen LogP contribution < -0.4 is 5.32 Å². The summed E-state index contributed by atoms with van der Waals surface area (Å²) in [5.74, 6) is 0.140. The van der Waals surface area contributed by atoms with Gasteiger partial charge in [-0.2, -0.15) is 5.10 Å². The Bertz CT molecular complexity index is 624. The molecular weight excluding hydrogens is 274 g/mol. The van der Waals surface area contributed by atoms with Crippen molar-refractivity contribution in [3.63, 3.8) is 0 Å². The second kappa shape index (κ2) is 5.29. The average molecular weight is 292 g/mol. The zero-order chi connectivity index (χ0) is 14.9. The van der Waals surface area contributed by atoms with Crippen LogP contribution in [0.4, 0.5) is 5.82 Å². The van der Waals surface area contributed by atoms with Crippen molar-refractivity contribution in [2.24, 2.45) is 0 Å². The van der Waals surface area contributed by atoms with Gasteiger partial charge in [-0.3, -0.25) is 9.89 Å². The molecule has 0 radical (unpaired) electrons. The standard InChI is InChI=1S/C15H18ClN3O/c1-9-5-7-10(8-6-9)14(20)17-13-11(16)12(18-19-13)15(2,3)4/h5-8H,1-4H3,(H2,17,18,19,20). The first-order valence-corrected chi connectivity index (χ1v) is 6.79. The third-order valence-corrected chi connectivity index (χ3v) is 3.37. The molecule has 0 spiro atoms. The molecule has 0 aliphatic rings. The lowest BCUT2D eigenvalue weighted by molar-refractivity contribution is 0.102. The van der Waals surface area contributed by atoms with Crippen LogP contribution in [-0.4, -0.2) is 16.1 Å². The summed E-state index contributed by atoms with van der Waals surface area (Å²) < 4.78 is 0. The van der Waals surface area contributed by atoms with Gasteiger partial charge in [0.15, 0.2) is 5.82 Å². The summed E-state index contributed by atoms with van der Waals surface area (Å²) in [5, 5.41) is 10.1. The fourth-order valence-electron chi connectivity index (χ4n) is 1.79. The summed E-state index contributed by atoms with van der Waals surface area (Å²) in [5.41, 5.74) is 2.33. The predicted octanol–water partition coefficient (Wildman–Crippen LogP) is 3.92. The van der Waals surface area contributed by atoms with Gasteiger partial charge in [0, 0.05) is 11.0 Å². The molecule has 1 amide bonds. The Kier molecular flexibility index (Phi) is 3.86. The SMILES string of the molecule is Cc1ccc(C(=O)Nc2n[nH]c(C(C)(C)C)c2Cl)cc1. The summed E-state index contributed by atoms with van der Waals surface area (Å²) in [6.45, 7) is 8.05.